The van der Waals surface area contributed by atoms with Crippen LogP contribution in [-0.2, 0) is 4.79 Å². The monoisotopic (exact) mass is 295 g/mol. The van der Waals surface area contributed by atoms with Crippen molar-refractivity contribution in [2.24, 2.45) is 11.7 Å². The molecule has 2 heterocycles. The minimum atomic E-state index is -0.974. The van der Waals surface area contributed by atoms with Crippen LogP contribution in [0.3, 0.4) is 0 Å². The van der Waals surface area contributed by atoms with Crippen molar-refractivity contribution in [1.29, 1.82) is 0 Å². The molecule has 3 N–H and O–H groups in total. The molecule has 3 rings (SSSR count). The molecule has 0 spiro atoms. The molecule has 0 bridgehead atoms. The average Bonchev–Trinajstić information content (AvgIpc) is 3.03. The van der Waals surface area contributed by atoms with Crippen LogP contribution in [0.1, 0.15) is 45.4 Å². The van der Waals surface area contributed by atoms with E-state index in [0.29, 0.717) is 12.5 Å². The second-order valence-electron chi connectivity index (χ2n) is 7.36. The van der Waals surface area contributed by atoms with Crippen molar-refractivity contribution in [3.63, 3.8) is 0 Å². The second-order valence-corrected chi connectivity index (χ2v) is 7.36. The summed E-state index contributed by atoms with van der Waals surface area (Å²) >= 11 is 0. The summed E-state index contributed by atoms with van der Waals surface area (Å²) in [5.74, 6) is -0.664. The Kier molecular flexibility index (Phi) is 4.26. The number of aliphatic carboxylic acids is 1. The molecule has 0 aromatic heterocycles. The molecule has 1 aliphatic carbocycles. The van der Waals surface area contributed by atoms with Gasteiger partial charge in [-0.1, -0.05) is 6.42 Å². The van der Waals surface area contributed by atoms with Gasteiger partial charge in [0, 0.05) is 25.2 Å². The Balaban J connectivity index is 1.56. The van der Waals surface area contributed by atoms with Crippen LogP contribution in [0.2, 0.25) is 0 Å². The third kappa shape index (κ3) is 2.83. The zero-order valence-corrected chi connectivity index (χ0v) is 13.1. The quantitative estimate of drug-likeness (QED) is 0.813. The average molecular weight is 295 g/mol. The first kappa shape index (κ1) is 15.3. The predicted molar refractivity (Wildman–Crippen MR) is 82.1 cm³/mol. The minimum absolute atomic E-state index is 0.142. The molecule has 0 aromatic carbocycles. The molecule has 1 saturated carbocycles. The Bertz CT molecular complexity index is 403. The molecule has 4 atom stereocenters. The zero-order valence-electron chi connectivity index (χ0n) is 13.1. The van der Waals surface area contributed by atoms with Gasteiger partial charge in [0.15, 0.2) is 0 Å². The fourth-order valence-electron chi connectivity index (χ4n) is 4.67. The number of fused-ring (bicyclic) bond motifs is 1. The fraction of sp³-hybridized carbons (Fsp3) is 0.938. The molecule has 5 nitrogen and oxygen atoms in total. The molecule has 3 aliphatic rings. The number of piperazine rings is 1. The van der Waals surface area contributed by atoms with E-state index in [1.165, 1.54) is 25.9 Å². The van der Waals surface area contributed by atoms with E-state index in [-0.39, 0.29) is 5.92 Å². The van der Waals surface area contributed by atoms with Gasteiger partial charge in [0.25, 0.3) is 0 Å². The van der Waals surface area contributed by atoms with E-state index in [1.807, 2.05) is 0 Å². The van der Waals surface area contributed by atoms with E-state index in [0.717, 1.165) is 38.4 Å². The van der Waals surface area contributed by atoms with E-state index in [4.69, 9.17) is 5.73 Å². The molecule has 2 aliphatic heterocycles. The summed E-state index contributed by atoms with van der Waals surface area (Å²) in [7, 11) is 0. The number of carboxylic acids is 1. The van der Waals surface area contributed by atoms with Crippen LogP contribution < -0.4 is 5.73 Å². The summed E-state index contributed by atoms with van der Waals surface area (Å²) < 4.78 is 0. The summed E-state index contributed by atoms with van der Waals surface area (Å²) in [5, 5.41) is 9.41. The lowest BCUT2D eigenvalue weighted by Crippen LogP contribution is -2.56. The number of nitrogens with two attached hydrogens (primary N) is 1. The van der Waals surface area contributed by atoms with Crippen LogP contribution >= 0.6 is 0 Å². The summed E-state index contributed by atoms with van der Waals surface area (Å²) in [6.07, 6.45) is 6.15. The minimum Gasteiger partial charge on any atom is -0.480 e. The highest BCUT2D eigenvalue weighted by atomic mass is 16.4. The largest absolute Gasteiger partial charge is 0.480 e. The summed E-state index contributed by atoms with van der Waals surface area (Å²) in [5.41, 5.74) is 5.18. The summed E-state index contributed by atoms with van der Waals surface area (Å²) in [4.78, 5) is 16.6. The van der Waals surface area contributed by atoms with Crippen molar-refractivity contribution in [2.45, 2.75) is 63.1 Å². The fourth-order valence-corrected chi connectivity index (χ4v) is 4.67. The van der Waals surface area contributed by atoms with Gasteiger partial charge in [0.05, 0.1) is 0 Å². The molecular formula is C16H29N3O2. The molecule has 0 aromatic rings. The highest BCUT2D eigenvalue weighted by molar-refractivity contribution is 5.79. The van der Waals surface area contributed by atoms with Gasteiger partial charge < -0.3 is 10.8 Å². The standard InChI is InChI=1S/C16H29N3O2/c1-12-10-19-8-3-5-14(19)11-18(12)9-6-13-4-2-7-16(13,17)15(20)21/h12-14H,2-11,17H2,1H3,(H,20,21). The number of rotatable bonds is 4. The number of nitrogens with zero attached hydrogens (tertiary/aromatic N) is 2. The Morgan fingerprint density at radius 1 is 1.33 bits per heavy atom. The molecule has 0 amide bonds. The van der Waals surface area contributed by atoms with Crippen LogP contribution in [0.25, 0.3) is 0 Å². The van der Waals surface area contributed by atoms with Crippen LogP contribution in [0.4, 0.5) is 0 Å². The van der Waals surface area contributed by atoms with Gasteiger partial charge >= 0.3 is 5.97 Å². The predicted octanol–water partition coefficient (Wildman–Crippen LogP) is 1.13. The van der Waals surface area contributed by atoms with Crippen LogP contribution in [0, 0.1) is 5.92 Å². The number of carbonyl (C=O) groups is 1. The first-order valence-electron chi connectivity index (χ1n) is 8.51. The van der Waals surface area contributed by atoms with Crippen molar-refractivity contribution in [3.8, 4) is 0 Å². The van der Waals surface area contributed by atoms with Crippen LogP contribution in [-0.4, -0.2) is 64.7 Å². The van der Waals surface area contributed by atoms with Crippen molar-refractivity contribution >= 4 is 5.97 Å². The lowest BCUT2D eigenvalue weighted by Gasteiger charge is -2.43. The molecule has 0 radical (unpaired) electrons. The SMILES string of the molecule is CC1CN2CCCC2CN1CCC1CCCC1(N)C(=O)O. The van der Waals surface area contributed by atoms with E-state index < -0.39 is 11.5 Å². The number of hydrogen-bond acceptors (Lipinski definition) is 4. The number of hydrogen-bond donors (Lipinski definition) is 2. The van der Waals surface area contributed by atoms with Gasteiger partial charge in [-0.15, -0.1) is 0 Å². The summed E-state index contributed by atoms with van der Waals surface area (Å²) in [6, 6.07) is 1.31. The normalized spacial score (nSPS) is 41.3. The van der Waals surface area contributed by atoms with Crippen molar-refractivity contribution in [3.05, 3.63) is 0 Å². The van der Waals surface area contributed by atoms with Gasteiger partial charge in [-0.2, -0.15) is 0 Å². The van der Waals surface area contributed by atoms with Gasteiger partial charge in [-0.25, -0.2) is 0 Å². The van der Waals surface area contributed by atoms with Crippen molar-refractivity contribution in [2.75, 3.05) is 26.2 Å². The Hall–Kier alpha value is -0.650. The maximum absolute atomic E-state index is 11.5. The molecule has 3 fully saturated rings. The molecule has 5 heteroatoms. The second kappa shape index (κ2) is 5.86. The van der Waals surface area contributed by atoms with Gasteiger partial charge in [0.1, 0.15) is 5.54 Å². The maximum Gasteiger partial charge on any atom is 0.323 e. The number of carboxylic acid groups (broad SMARTS) is 1. The van der Waals surface area contributed by atoms with Gasteiger partial charge in [0.2, 0.25) is 0 Å². The molecule has 4 unspecified atom stereocenters. The van der Waals surface area contributed by atoms with Crippen LogP contribution in [0.5, 0.6) is 0 Å². The third-order valence-corrected chi connectivity index (χ3v) is 6.10. The van der Waals surface area contributed by atoms with E-state index in [1.54, 1.807) is 0 Å². The summed E-state index contributed by atoms with van der Waals surface area (Å²) in [6.45, 7) is 6.88. The Labute approximate surface area is 127 Å². The third-order valence-electron chi connectivity index (χ3n) is 6.10. The van der Waals surface area contributed by atoms with E-state index >= 15 is 0 Å². The maximum atomic E-state index is 11.5. The zero-order chi connectivity index (χ0) is 15.0. The van der Waals surface area contributed by atoms with Crippen LogP contribution in [0.15, 0.2) is 0 Å². The molecule has 2 saturated heterocycles. The Morgan fingerprint density at radius 3 is 2.90 bits per heavy atom. The molecule has 120 valence electrons. The molecular weight excluding hydrogens is 266 g/mol. The van der Waals surface area contributed by atoms with Gasteiger partial charge in [-0.05, 0) is 58.0 Å². The Morgan fingerprint density at radius 2 is 2.14 bits per heavy atom. The van der Waals surface area contributed by atoms with Crippen molar-refractivity contribution < 1.29 is 9.90 Å². The first-order chi connectivity index (χ1) is 10.0. The van der Waals surface area contributed by atoms with E-state index in [9.17, 15) is 9.90 Å². The highest BCUT2D eigenvalue weighted by Crippen LogP contribution is 2.37. The van der Waals surface area contributed by atoms with Crippen molar-refractivity contribution in [1.82, 2.24) is 9.80 Å². The molecule has 21 heavy (non-hydrogen) atoms. The first-order valence-corrected chi connectivity index (χ1v) is 8.51. The van der Waals surface area contributed by atoms with Gasteiger partial charge in [-0.3, -0.25) is 14.6 Å². The van der Waals surface area contributed by atoms with E-state index in [2.05, 4.69) is 16.7 Å². The lowest BCUT2D eigenvalue weighted by atomic mass is 9.85. The topological polar surface area (TPSA) is 69.8 Å². The highest BCUT2D eigenvalue weighted by Gasteiger charge is 2.46. The smallest absolute Gasteiger partial charge is 0.323 e. The lowest BCUT2D eigenvalue weighted by molar-refractivity contribution is -0.145.